The minimum absolute atomic E-state index is 0.0478. The molecule has 1 N–H and O–H groups in total. The van der Waals surface area contributed by atoms with E-state index in [0.717, 1.165) is 0 Å². The molecule has 0 unspecified atom stereocenters. The SMILES string of the molecule is Cc1ccc(NC(=O)N(C)Cc2cccc(Cl)c2Cl)cc1[N+](=O)[O-]. The summed E-state index contributed by atoms with van der Waals surface area (Å²) in [6.07, 6.45) is 0. The van der Waals surface area contributed by atoms with E-state index >= 15 is 0 Å². The smallest absolute Gasteiger partial charge is 0.321 e. The summed E-state index contributed by atoms with van der Waals surface area (Å²) in [7, 11) is 1.59. The average Bonchev–Trinajstić information content (AvgIpc) is 2.53. The Morgan fingerprint density at radius 1 is 1.29 bits per heavy atom. The van der Waals surface area contributed by atoms with Crippen molar-refractivity contribution in [1.29, 1.82) is 0 Å². The molecular weight excluding hydrogens is 353 g/mol. The predicted octanol–water partition coefficient (Wildman–Crippen LogP) is 4.87. The summed E-state index contributed by atoms with van der Waals surface area (Å²) in [5.74, 6) is 0. The number of nitro groups is 1. The number of anilines is 1. The van der Waals surface area contributed by atoms with E-state index in [4.69, 9.17) is 23.2 Å². The number of benzene rings is 2. The van der Waals surface area contributed by atoms with E-state index in [1.807, 2.05) is 0 Å². The van der Waals surface area contributed by atoms with Crippen molar-refractivity contribution >= 4 is 40.6 Å². The number of nitrogens with one attached hydrogen (secondary N) is 1. The summed E-state index contributed by atoms with van der Waals surface area (Å²) in [5, 5.41) is 14.4. The Labute approximate surface area is 149 Å². The van der Waals surface area contributed by atoms with Crippen LogP contribution in [0.1, 0.15) is 11.1 Å². The minimum atomic E-state index is -0.486. The standard InChI is InChI=1S/C16H15Cl2N3O3/c1-10-6-7-12(8-14(10)21(23)24)19-16(22)20(2)9-11-4-3-5-13(17)15(11)18/h3-8H,9H2,1-2H3,(H,19,22). The molecule has 0 aliphatic carbocycles. The van der Waals surface area contributed by atoms with Crippen LogP contribution in [0, 0.1) is 17.0 Å². The van der Waals surface area contributed by atoms with Gasteiger partial charge in [-0.2, -0.15) is 0 Å². The molecule has 8 heteroatoms. The van der Waals surface area contributed by atoms with E-state index in [0.29, 0.717) is 26.9 Å². The maximum atomic E-state index is 12.2. The van der Waals surface area contributed by atoms with Crippen LogP contribution in [0.5, 0.6) is 0 Å². The number of amides is 2. The second-order valence-electron chi connectivity index (χ2n) is 5.26. The highest BCUT2D eigenvalue weighted by atomic mass is 35.5. The molecule has 0 spiro atoms. The van der Waals surface area contributed by atoms with Gasteiger partial charge >= 0.3 is 6.03 Å². The van der Waals surface area contributed by atoms with Crippen LogP contribution in [-0.4, -0.2) is 22.9 Å². The van der Waals surface area contributed by atoms with Gasteiger partial charge in [0.2, 0.25) is 0 Å². The summed E-state index contributed by atoms with van der Waals surface area (Å²) in [6, 6.07) is 9.30. The molecule has 0 saturated carbocycles. The third-order valence-electron chi connectivity index (χ3n) is 3.44. The second-order valence-corrected chi connectivity index (χ2v) is 6.04. The molecule has 24 heavy (non-hydrogen) atoms. The third-order valence-corrected chi connectivity index (χ3v) is 4.30. The molecule has 2 amide bonds. The van der Waals surface area contributed by atoms with E-state index in [9.17, 15) is 14.9 Å². The van der Waals surface area contributed by atoms with Gasteiger partial charge in [0.05, 0.1) is 15.0 Å². The Morgan fingerprint density at radius 3 is 2.67 bits per heavy atom. The van der Waals surface area contributed by atoms with Gasteiger partial charge in [0.25, 0.3) is 5.69 Å². The van der Waals surface area contributed by atoms with Gasteiger partial charge in [-0.3, -0.25) is 10.1 Å². The number of hydrogen-bond acceptors (Lipinski definition) is 3. The highest BCUT2D eigenvalue weighted by molar-refractivity contribution is 6.42. The van der Waals surface area contributed by atoms with E-state index in [-0.39, 0.29) is 12.2 Å². The molecule has 0 saturated heterocycles. The second kappa shape index (κ2) is 7.51. The number of nitro benzene ring substituents is 1. The number of aryl methyl sites for hydroxylation is 1. The predicted molar refractivity (Wildman–Crippen MR) is 94.8 cm³/mol. The molecular formula is C16H15Cl2N3O3. The monoisotopic (exact) mass is 367 g/mol. The minimum Gasteiger partial charge on any atom is -0.323 e. The zero-order valence-corrected chi connectivity index (χ0v) is 14.6. The molecule has 0 aliphatic heterocycles. The fourth-order valence-corrected chi connectivity index (χ4v) is 2.48. The van der Waals surface area contributed by atoms with Crippen molar-refractivity contribution in [2.24, 2.45) is 0 Å². The lowest BCUT2D eigenvalue weighted by Gasteiger charge is -2.19. The Morgan fingerprint density at radius 2 is 2.00 bits per heavy atom. The zero-order valence-electron chi connectivity index (χ0n) is 13.0. The van der Waals surface area contributed by atoms with Crippen molar-refractivity contribution in [3.8, 4) is 0 Å². The maximum absolute atomic E-state index is 12.2. The van der Waals surface area contributed by atoms with Crippen LogP contribution in [0.4, 0.5) is 16.2 Å². The van der Waals surface area contributed by atoms with Crippen molar-refractivity contribution in [1.82, 2.24) is 4.90 Å². The number of hydrogen-bond donors (Lipinski definition) is 1. The lowest BCUT2D eigenvalue weighted by Crippen LogP contribution is -2.31. The molecule has 6 nitrogen and oxygen atoms in total. The maximum Gasteiger partial charge on any atom is 0.321 e. The molecule has 0 heterocycles. The summed E-state index contributed by atoms with van der Waals surface area (Å²) in [5.41, 5.74) is 1.53. The van der Waals surface area contributed by atoms with Crippen molar-refractivity contribution < 1.29 is 9.72 Å². The highest BCUT2D eigenvalue weighted by Crippen LogP contribution is 2.27. The van der Waals surface area contributed by atoms with Crippen LogP contribution in [0.15, 0.2) is 36.4 Å². The molecule has 0 atom stereocenters. The van der Waals surface area contributed by atoms with E-state index in [1.165, 1.54) is 11.0 Å². The quantitative estimate of drug-likeness (QED) is 0.618. The van der Waals surface area contributed by atoms with Gasteiger partial charge in [-0.1, -0.05) is 41.4 Å². The van der Waals surface area contributed by atoms with Gasteiger partial charge in [0.15, 0.2) is 0 Å². The summed E-state index contributed by atoms with van der Waals surface area (Å²) in [6.45, 7) is 1.89. The fraction of sp³-hybridized carbons (Fsp3) is 0.188. The van der Waals surface area contributed by atoms with Gasteiger partial charge in [-0.15, -0.1) is 0 Å². The highest BCUT2D eigenvalue weighted by Gasteiger charge is 2.15. The number of rotatable bonds is 4. The average molecular weight is 368 g/mol. The Bertz CT molecular complexity index is 796. The van der Waals surface area contributed by atoms with Gasteiger partial charge in [-0.25, -0.2) is 4.79 Å². The largest absolute Gasteiger partial charge is 0.323 e. The van der Waals surface area contributed by atoms with Gasteiger partial charge in [-0.05, 0) is 24.6 Å². The number of carbonyl (C=O) groups excluding carboxylic acids is 1. The third kappa shape index (κ3) is 4.15. The van der Waals surface area contributed by atoms with Gasteiger partial charge in [0, 0.05) is 30.9 Å². The number of carbonyl (C=O) groups is 1. The molecule has 0 aliphatic rings. The zero-order chi connectivity index (χ0) is 17.9. The molecule has 2 aromatic carbocycles. The van der Waals surface area contributed by atoms with Crippen molar-refractivity contribution in [2.75, 3.05) is 12.4 Å². The van der Waals surface area contributed by atoms with Crippen molar-refractivity contribution in [2.45, 2.75) is 13.5 Å². The van der Waals surface area contributed by atoms with Gasteiger partial charge < -0.3 is 10.2 Å². The summed E-state index contributed by atoms with van der Waals surface area (Å²) in [4.78, 5) is 24.1. The van der Waals surface area contributed by atoms with Gasteiger partial charge in [0.1, 0.15) is 0 Å². The van der Waals surface area contributed by atoms with E-state index in [2.05, 4.69) is 5.32 Å². The van der Waals surface area contributed by atoms with Crippen LogP contribution in [0.3, 0.4) is 0 Å². The van der Waals surface area contributed by atoms with E-state index < -0.39 is 11.0 Å². The lowest BCUT2D eigenvalue weighted by atomic mass is 10.2. The molecule has 2 rings (SSSR count). The molecule has 2 aromatic rings. The topological polar surface area (TPSA) is 75.5 Å². The number of nitrogens with zero attached hydrogens (tertiary/aromatic N) is 2. The number of urea groups is 1. The molecule has 0 fully saturated rings. The van der Waals surface area contributed by atoms with Crippen LogP contribution in [0.25, 0.3) is 0 Å². The first-order valence-corrected chi connectivity index (χ1v) is 7.75. The summed E-state index contributed by atoms with van der Waals surface area (Å²) < 4.78 is 0. The van der Waals surface area contributed by atoms with Crippen molar-refractivity contribution in [3.05, 3.63) is 67.7 Å². The molecule has 0 radical (unpaired) electrons. The molecule has 0 bridgehead atoms. The Hall–Kier alpha value is -2.31. The Balaban J connectivity index is 2.10. The summed E-state index contributed by atoms with van der Waals surface area (Å²) >= 11 is 12.1. The van der Waals surface area contributed by atoms with E-state index in [1.54, 1.807) is 44.3 Å². The van der Waals surface area contributed by atoms with Crippen LogP contribution in [-0.2, 0) is 6.54 Å². The Kier molecular flexibility index (Phi) is 5.64. The lowest BCUT2D eigenvalue weighted by molar-refractivity contribution is -0.385. The van der Waals surface area contributed by atoms with Crippen LogP contribution < -0.4 is 5.32 Å². The molecule has 126 valence electrons. The first kappa shape index (κ1) is 18.0. The van der Waals surface area contributed by atoms with Crippen molar-refractivity contribution in [3.63, 3.8) is 0 Å². The number of halogens is 2. The first-order chi connectivity index (χ1) is 11.3. The first-order valence-electron chi connectivity index (χ1n) is 6.99. The van der Waals surface area contributed by atoms with Crippen LogP contribution in [0.2, 0.25) is 10.0 Å². The fourth-order valence-electron chi connectivity index (χ4n) is 2.10. The molecule has 0 aromatic heterocycles. The van der Waals surface area contributed by atoms with Crippen LogP contribution >= 0.6 is 23.2 Å². The normalized spacial score (nSPS) is 10.3.